The molecule has 1 fully saturated rings. The van der Waals surface area contributed by atoms with Crippen LogP contribution in [0.2, 0.25) is 0 Å². The Hall–Kier alpha value is -1.90. The van der Waals surface area contributed by atoms with Gasteiger partial charge in [-0.3, -0.25) is 4.79 Å². The van der Waals surface area contributed by atoms with E-state index in [4.69, 9.17) is 9.84 Å². The number of carbonyl (C=O) groups is 1. The number of ether oxygens (including phenoxy) is 1. The predicted octanol–water partition coefficient (Wildman–Crippen LogP) is 1.29. The molecule has 1 aliphatic heterocycles. The second-order valence-electron chi connectivity index (χ2n) is 4.15. The van der Waals surface area contributed by atoms with Crippen molar-refractivity contribution in [2.75, 3.05) is 18.5 Å². The molecule has 1 aliphatic rings. The Morgan fingerprint density at radius 1 is 1.58 bits per heavy atom. The highest BCUT2D eigenvalue weighted by molar-refractivity contribution is 5.94. The third kappa shape index (κ3) is 3.53. The lowest BCUT2D eigenvalue weighted by Crippen LogP contribution is -2.26. The van der Waals surface area contributed by atoms with E-state index in [0.717, 1.165) is 6.42 Å². The van der Waals surface area contributed by atoms with Crippen LogP contribution in [0.3, 0.4) is 0 Å². The summed E-state index contributed by atoms with van der Waals surface area (Å²) in [4.78, 5) is 11.8. The summed E-state index contributed by atoms with van der Waals surface area (Å²) < 4.78 is 18.7. The molecule has 1 aromatic carbocycles. The number of nitrogens with one attached hydrogen (secondary N) is 1. The van der Waals surface area contributed by atoms with Crippen molar-refractivity contribution >= 4 is 11.6 Å². The molecular weight excluding hydrogens is 249 g/mol. The van der Waals surface area contributed by atoms with Gasteiger partial charge in [-0.25, -0.2) is 4.39 Å². The van der Waals surface area contributed by atoms with Gasteiger partial charge in [0.15, 0.2) is 0 Å². The normalized spacial score (nSPS) is 17.7. The summed E-state index contributed by atoms with van der Waals surface area (Å²) in [5.74, 6) is 4.14. The fourth-order valence-corrected chi connectivity index (χ4v) is 1.84. The zero-order chi connectivity index (χ0) is 13.7. The molecule has 1 amide bonds. The Morgan fingerprint density at radius 2 is 2.42 bits per heavy atom. The summed E-state index contributed by atoms with van der Waals surface area (Å²) >= 11 is 0. The number of benzene rings is 1. The van der Waals surface area contributed by atoms with E-state index in [1.54, 1.807) is 0 Å². The van der Waals surface area contributed by atoms with Gasteiger partial charge in [-0.2, -0.15) is 0 Å². The van der Waals surface area contributed by atoms with Gasteiger partial charge in [0.05, 0.1) is 5.56 Å². The van der Waals surface area contributed by atoms with Gasteiger partial charge in [0.25, 0.3) is 5.91 Å². The van der Waals surface area contributed by atoms with Crippen LogP contribution in [0, 0.1) is 17.7 Å². The van der Waals surface area contributed by atoms with Crippen molar-refractivity contribution in [1.82, 2.24) is 0 Å². The largest absolute Gasteiger partial charge is 0.384 e. The number of rotatable bonds is 2. The fraction of sp³-hybridized carbons (Fsp3) is 0.357. The molecule has 0 aromatic heterocycles. The summed E-state index contributed by atoms with van der Waals surface area (Å²) in [5, 5.41) is 11.3. The molecule has 1 saturated heterocycles. The van der Waals surface area contributed by atoms with Crippen LogP contribution >= 0.6 is 0 Å². The molecule has 4 nitrogen and oxygen atoms in total. The number of aliphatic hydroxyl groups is 1. The maximum absolute atomic E-state index is 13.4. The number of anilines is 1. The fourth-order valence-electron chi connectivity index (χ4n) is 1.84. The van der Waals surface area contributed by atoms with Gasteiger partial charge in [0, 0.05) is 12.3 Å². The molecular formula is C14H14FNO3. The van der Waals surface area contributed by atoms with Gasteiger partial charge in [0.2, 0.25) is 0 Å². The highest BCUT2D eigenvalue weighted by Gasteiger charge is 2.23. The summed E-state index contributed by atoms with van der Waals surface area (Å²) in [6, 6.07) is 4.13. The van der Waals surface area contributed by atoms with Gasteiger partial charge < -0.3 is 15.2 Å². The molecule has 100 valence electrons. The van der Waals surface area contributed by atoms with Crippen molar-refractivity contribution in [3.05, 3.63) is 29.6 Å². The van der Waals surface area contributed by atoms with Crippen LogP contribution in [0.15, 0.2) is 18.2 Å². The zero-order valence-corrected chi connectivity index (χ0v) is 10.3. The summed E-state index contributed by atoms with van der Waals surface area (Å²) in [7, 11) is 0. The van der Waals surface area contributed by atoms with E-state index in [-0.39, 0.29) is 18.1 Å². The zero-order valence-electron chi connectivity index (χ0n) is 10.3. The lowest BCUT2D eigenvalue weighted by Gasteiger charge is -2.10. The van der Waals surface area contributed by atoms with Crippen LogP contribution in [0.1, 0.15) is 18.4 Å². The van der Waals surface area contributed by atoms with E-state index in [2.05, 4.69) is 17.2 Å². The van der Waals surface area contributed by atoms with E-state index in [1.807, 2.05) is 0 Å². The number of aliphatic hydroxyl groups excluding tert-OH is 1. The van der Waals surface area contributed by atoms with E-state index in [1.165, 1.54) is 18.2 Å². The molecule has 0 bridgehead atoms. The Labute approximate surface area is 110 Å². The predicted molar refractivity (Wildman–Crippen MR) is 68.0 cm³/mol. The second kappa shape index (κ2) is 6.32. The SMILES string of the molecule is O=C(Nc1ccc(F)c(C#CCO)c1)C1CCCO1. The molecule has 19 heavy (non-hydrogen) atoms. The Balaban J connectivity index is 2.10. The van der Waals surface area contributed by atoms with Crippen molar-refractivity contribution in [2.45, 2.75) is 18.9 Å². The average molecular weight is 263 g/mol. The lowest BCUT2D eigenvalue weighted by atomic mass is 10.1. The topological polar surface area (TPSA) is 58.6 Å². The smallest absolute Gasteiger partial charge is 0.253 e. The number of carbonyl (C=O) groups excluding carboxylic acids is 1. The molecule has 1 heterocycles. The quantitative estimate of drug-likeness (QED) is 0.790. The molecule has 1 aromatic rings. The highest BCUT2D eigenvalue weighted by Crippen LogP contribution is 2.17. The molecule has 2 rings (SSSR count). The lowest BCUT2D eigenvalue weighted by molar-refractivity contribution is -0.124. The van der Waals surface area contributed by atoms with Crippen LogP contribution in [-0.4, -0.2) is 30.3 Å². The van der Waals surface area contributed by atoms with E-state index in [9.17, 15) is 9.18 Å². The van der Waals surface area contributed by atoms with Gasteiger partial charge in [-0.05, 0) is 31.0 Å². The minimum Gasteiger partial charge on any atom is -0.384 e. The van der Waals surface area contributed by atoms with Crippen molar-refractivity contribution < 1.29 is 19.0 Å². The molecule has 5 heteroatoms. The monoisotopic (exact) mass is 263 g/mol. The van der Waals surface area contributed by atoms with Crippen LogP contribution in [0.25, 0.3) is 0 Å². The van der Waals surface area contributed by atoms with Gasteiger partial charge in [0.1, 0.15) is 18.5 Å². The molecule has 1 atom stereocenters. The Kier molecular flexibility index (Phi) is 4.50. The van der Waals surface area contributed by atoms with Gasteiger partial charge >= 0.3 is 0 Å². The van der Waals surface area contributed by atoms with Crippen molar-refractivity contribution in [2.24, 2.45) is 0 Å². The standard InChI is InChI=1S/C14H14FNO3/c15-12-6-5-11(9-10(12)3-1-7-17)16-14(18)13-4-2-8-19-13/h5-6,9,13,17H,2,4,7-8H2,(H,16,18). The number of hydrogen-bond donors (Lipinski definition) is 2. The van der Waals surface area contributed by atoms with Gasteiger partial charge in [-0.1, -0.05) is 11.8 Å². The summed E-state index contributed by atoms with van der Waals surface area (Å²) in [6.45, 7) is 0.251. The van der Waals surface area contributed by atoms with Crippen molar-refractivity contribution in [3.63, 3.8) is 0 Å². The molecule has 0 aliphatic carbocycles. The second-order valence-corrected chi connectivity index (χ2v) is 4.15. The molecule has 0 saturated carbocycles. The third-order valence-electron chi connectivity index (χ3n) is 2.76. The first-order valence-electron chi connectivity index (χ1n) is 6.02. The molecule has 0 spiro atoms. The molecule has 1 unspecified atom stereocenters. The van der Waals surface area contributed by atoms with Crippen molar-refractivity contribution in [1.29, 1.82) is 0 Å². The first kappa shape index (κ1) is 13.5. The first-order chi connectivity index (χ1) is 9.20. The molecule has 0 radical (unpaired) electrons. The maximum Gasteiger partial charge on any atom is 0.253 e. The number of amides is 1. The van der Waals surface area contributed by atoms with Crippen molar-refractivity contribution in [3.8, 4) is 11.8 Å². The minimum absolute atomic E-state index is 0.138. The molecule has 2 N–H and O–H groups in total. The van der Waals surface area contributed by atoms with Crippen LogP contribution in [0.5, 0.6) is 0 Å². The van der Waals surface area contributed by atoms with Crippen LogP contribution in [-0.2, 0) is 9.53 Å². The Bertz CT molecular complexity index is 527. The Morgan fingerprint density at radius 3 is 3.11 bits per heavy atom. The summed E-state index contributed by atoms with van der Waals surface area (Å²) in [5.41, 5.74) is 0.600. The first-order valence-corrected chi connectivity index (χ1v) is 6.02. The highest BCUT2D eigenvalue weighted by atomic mass is 19.1. The van der Waals surface area contributed by atoms with E-state index in [0.29, 0.717) is 18.7 Å². The third-order valence-corrected chi connectivity index (χ3v) is 2.76. The number of hydrogen-bond acceptors (Lipinski definition) is 3. The average Bonchev–Trinajstić information content (AvgIpc) is 2.93. The van der Waals surface area contributed by atoms with E-state index < -0.39 is 11.9 Å². The summed E-state index contributed by atoms with van der Waals surface area (Å²) in [6.07, 6.45) is 1.14. The maximum atomic E-state index is 13.4. The van der Waals surface area contributed by atoms with E-state index >= 15 is 0 Å². The minimum atomic E-state index is -0.490. The van der Waals surface area contributed by atoms with Crippen LogP contribution in [0.4, 0.5) is 10.1 Å². The number of halogens is 1. The van der Waals surface area contributed by atoms with Gasteiger partial charge in [-0.15, -0.1) is 0 Å². The van der Waals surface area contributed by atoms with Crippen LogP contribution < -0.4 is 5.32 Å².